The van der Waals surface area contributed by atoms with Crippen molar-refractivity contribution in [1.82, 2.24) is 5.32 Å². The second kappa shape index (κ2) is 11.6. The quantitative estimate of drug-likeness (QED) is 0.560. The minimum absolute atomic E-state index is 0.142. The van der Waals surface area contributed by atoms with Gasteiger partial charge < -0.3 is 19.9 Å². The fourth-order valence-corrected chi connectivity index (χ4v) is 3.62. The molecule has 6 heteroatoms. The molecular weight excluding hydrogens is 358 g/mol. The Morgan fingerprint density at radius 3 is 2.54 bits per heavy atom. The molecule has 156 valence electrons. The lowest BCUT2D eigenvalue weighted by Gasteiger charge is -2.27. The van der Waals surface area contributed by atoms with E-state index in [0.717, 1.165) is 42.7 Å². The Kier molecular flexibility index (Phi) is 9.11. The Hall–Kier alpha value is -2.24. The van der Waals surface area contributed by atoms with Gasteiger partial charge in [0.2, 0.25) is 5.91 Å². The summed E-state index contributed by atoms with van der Waals surface area (Å²) >= 11 is 0. The van der Waals surface area contributed by atoms with Crippen molar-refractivity contribution in [3.8, 4) is 11.5 Å². The molecule has 0 heterocycles. The number of amides is 1. The van der Waals surface area contributed by atoms with Crippen LogP contribution in [-0.4, -0.2) is 36.7 Å². The molecule has 0 radical (unpaired) electrons. The number of carbonyl (C=O) groups excluding carboxylic acids is 1. The summed E-state index contributed by atoms with van der Waals surface area (Å²) in [5.74, 6) is -0.510. The zero-order chi connectivity index (χ0) is 20.4. The molecular formula is C22H33NO5. The monoisotopic (exact) mass is 391 g/mol. The first-order valence-corrected chi connectivity index (χ1v) is 10.5. The molecule has 0 saturated heterocycles. The number of hydrogen-bond acceptors (Lipinski definition) is 4. The lowest BCUT2D eigenvalue weighted by Crippen LogP contribution is -2.40. The van der Waals surface area contributed by atoms with E-state index in [1.165, 1.54) is 0 Å². The van der Waals surface area contributed by atoms with Crippen molar-refractivity contribution in [1.29, 1.82) is 0 Å². The highest BCUT2D eigenvalue weighted by Crippen LogP contribution is 2.31. The maximum Gasteiger partial charge on any atom is 0.307 e. The lowest BCUT2D eigenvalue weighted by molar-refractivity contribution is -0.148. The number of benzene rings is 1. The first kappa shape index (κ1) is 22.1. The van der Waals surface area contributed by atoms with Gasteiger partial charge in [0.1, 0.15) is 0 Å². The molecule has 2 N–H and O–H groups in total. The average Bonchev–Trinajstić information content (AvgIpc) is 2.69. The molecule has 2 unspecified atom stereocenters. The van der Waals surface area contributed by atoms with Gasteiger partial charge in [0.25, 0.3) is 0 Å². The fraction of sp³-hybridized carbons (Fsp3) is 0.636. The number of aliphatic carboxylic acids is 1. The number of hydrogen-bond donors (Lipinski definition) is 2. The van der Waals surface area contributed by atoms with Crippen LogP contribution in [0.15, 0.2) is 18.2 Å². The van der Waals surface area contributed by atoms with Crippen molar-refractivity contribution in [2.45, 2.75) is 58.8 Å². The zero-order valence-corrected chi connectivity index (χ0v) is 17.0. The summed E-state index contributed by atoms with van der Waals surface area (Å²) in [7, 11) is 0. The summed E-state index contributed by atoms with van der Waals surface area (Å²) in [6.07, 6.45) is 5.77. The van der Waals surface area contributed by atoms with Crippen molar-refractivity contribution in [2.24, 2.45) is 11.8 Å². The Bertz CT molecular complexity index is 646. The van der Waals surface area contributed by atoms with Gasteiger partial charge in [0.05, 0.1) is 25.0 Å². The molecule has 1 aromatic carbocycles. The van der Waals surface area contributed by atoms with E-state index in [1.54, 1.807) is 0 Å². The largest absolute Gasteiger partial charge is 0.490 e. The number of nitrogens with one attached hydrogen (secondary N) is 1. The van der Waals surface area contributed by atoms with E-state index in [1.807, 2.05) is 25.1 Å². The zero-order valence-electron chi connectivity index (χ0n) is 17.0. The van der Waals surface area contributed by atoms with Crippen molar-refractivity contribution < 1.29 is 24.2 Å². The Labute approximate surface area is 167 Å². The molecule has 1 amide bonds. The molecule has 2 atom stereocenters. The highest BCUT2D eigenvalue weighted by Gasteiger charge is 2.35. The molecule has 0 aromatic heterocycles. The maximum absolute atomic E-state index is 12.5. The van der Waals surface area contributed by atoms with Crippen LogP contribution in [0.25, 0.3) is 0 Å². The number of carbonyl (C=O) groups is 2. The van der Waals surface area contributed by atoms with Crippen LogP contribution in [0.5, 0.6) is 11.5 Å². The molecule has 0 aliphatic heterocycles. The number of unbranched alkanes of at least 4 members (excludes halogenated alkanes) is 1. The summed E-state index contributed by atoms with van der Waals surface area (Å²) in [6, 6.07) is 5.85. The van der Waals surface area contributed by atoms with Gasteiger partial charge in [-0.15, -0.1) is 0 Å². The predicted octanol–water partition coefficient (Wildman–Crippen LogP) is 3.81. The average molecular weight is 392 g/mol. The third-order valence-electron chi connectivity index (χ3n) is 5.20. The molecule has 1 aromatic rings. The summed E-state index contributed by atoms with van der Waals surface area (Å²) in [4.78, 5) is 23.8. The van der Waals surface area contributed by atoms with E-state index < -0.39 is 17.8 Å². The fourth-order valence-electron chi connectivity index (χ4n) is 3.62. The number of rotatable bonds is 11. The maximum atomic E-state index is 12.5. The minimum Gasteiger partial charge on any atom is -0.490 e. The Morgan fingerprint density at radius 1 is 1.11 bits per heavy atom. The highest BCUT2D eigenvalue weighted by atomic mass is 16.5. The van der Waals surface area contributed by atoms with Crippen LogP contribution in [0.4, 0.5) is 0 Å². The summed E-state index contributed by atoms with van der Waals surface area (Å²) in [5.41, 5.74) is 1.05. The molecule has 1 saturated carbocycles. The molecule has 2 rings (SSSR count). The van der Waals surface area contributed by atoms with E-state index >= 15 is 0 Å². The van der Waals surface area contributed by atoms with Gasteiger partial charge in [-0.05, 0) is 50.3 Å². The van der Waals surface area contributed by atoms with Crippen LogP contribution in [0.1, 0.15) is 57.9 Å². The minimum atomic E-state index is -0.861. The second-order valence-electron chi connectivity index (χ2n) is 7.29. The van der Waals surface area contributed by atoms with Crippen LogP contribution < -0.4 is 14.8 Å². The first-order valence-electron chi connectivity index (χ1n) is 10.5. The van der Waals surface area contributed by atoms with Gasteiger partial charge in [-0.2, -0.15) is 0 Å². The third-order valence-corrected chi connectivity index (χ3v) is 5.20. The van der Waals surface area contributed by atoms with Crippen molar-refractivity contribution in [3.05, 3.63) is 23.8 Å². The van der Waals surface area contributed by atoms with Gasteiger partial charge >= 0.3 is 5.97 Å². The normalized spacial score (nSPS) is 19.1. The Morgan fingerprint density at radius 2 is 1.86 bits per heavy atom. The van der Waals surface area contributed by atoms with Crippen molar-refractivity contribution >= 4 is 11.9 Å². The molecule has 6 nitrogen and oxygen atoms in total. The summed E-state index contributed by atoms with van der Waals surface area (Å²) in [5, 5.41) is 12.3. The van der Waals surface area contributed by atoms with E-state index in [2.05, 4.69) is 12.2 Å². The molecule has 1 aliphatic carbocycles. The first-order chi connectivity index (χ1) is 13.6. The van der Waals surface area contributed by atoms with Crippen LogP contribution in [0.3, 0.4) is 0 Å². The molecule has 28 heavy (non-hydrogen) atoms. The smallest absolute Gasteiger partial charge is 0.307 e. The molecule has 1 fully saturated rings. The van der Waals surface area contributed by atoms with Crippen molar-refractivity contribution in [2.75, 3.05) is 19.8 Å². The number of carboxylic acids is 1. The highest BCUT2D eigenvalue weighted by molar-refractivity contribution is 5.84. The van der Waals surface area contributed by atoms with Gasteiger partial charge in [-0.1, -0.05) is 32.3 Å². The summed E-state index contributed by atoms with van der Waals surface area (Å²) < 4.78 is 11.5. The van der Waals surface area contributed by atoms with Crippen LogP contribution in [-0.2, 0) is 16.0 Å². The number of carboxylic acid groups (broad SMARTS) is 1. The SMILES string of the molecule is CCCCOc1ccc(CCNC(=O)C2CCCCC2C(=O)O)cc1OCC. The second-order valence-corrected chi connectivity index (χ2v) is 7.29. The van der Waals surface area contributed by atoms with Gasteiger partial charge in [0, 0.05) is 6.54 Å². The molecule has 0 spiro atoms. The third kappa shape index (κ3) is 6.43. The van der Waals surface area contributed by atoms with E-state index in [0.29, 0.717) is 39.0 Å². The van der Waals surface area contributed by atoms with Crippen LogP contribution in [0.2, 0.25) is 0 Å². The van der Waals surface area contributed by atoms with E-state index in [9.17, 15) is 14.7 Å². The molecule has 0 bridgehead atoms. The Balaban J connectivity index is 1.89. The standard InChI is InChI=1S/C22H33NO5/c1-3-5-14-28-19-11-10-16(15-20(19)27-4-2)12-13-23-21(24)17-8-6-7-9-18(17)22(25)26/h10-11,15,17-18H,3-9,12-14H2,1-2H3,(H,23,24)(H,25,26). The topological polar surface area (TPSA) is 84.9 Å². The lowest BCUT2D eigenvalue weighted by atomic mass is 9.78. The predicted molar refractivity (Wildman–Crippen MR) is 108 cm³/mol. The van der Waals surface area contributed by atoms with Gasteiger partial charge in [-0.25, -0.2) is 0 Å². The van der Waals surface area contributed by atoms with E-state index in [4.69, 9.17) is 9.47 Å². The van der Waals surface area contributed by atoms with Crippen molar-refractivity contribution in [3.63, 3.8) is 0 Å². The van der Waals surface area contributed by atoms with Gasteiger partial charge in [0.15, 0.2) is 11.5 Å². The van der Waals surface area contributed by atoms with Gasteiger partial charge in [-0.3, -0.25) is 9.59 Å². The molecule has 1 aliphatic rings. The van der Waals surface area contributed by atoms with Crippen LogP contribution in [0, 0.1) is 11.8 Å². The summed E-state index contributed by atoms with van der Waals surface area (Å²) in [6.45, 7) is 5.76. The number of ether oxygens (including phenoxy) is 2. The van der Waals surface area contributed by atoms with Crippen LogP contribution >= 0.6 is 0 Å². The van der Waals surface area contributed by atoms with E-state index in [-0.39, 0.29) is 5.91 Å².